The smallest absolute Gasteiger partial charge is 0.146 e. The van der Waals surface area contributed by atoms with Crippen LogP contribution in [0.4, 0.5) is 10.1 Å². The largest absolute Gasteiger partial charge is 0.378 e. The minimum atomic E-state index is -0.242. The van der Waals surface area contributed by atoms with Crippen LogP contribution in [0.2, 0.25) is 0 Å². The van der Waals surface area contributed by atoms with Crippen LogP contribution in [0, 0.1) is 5.82 Å². The molecule has 0 saturated heterocycles. The standard InChI is InChI=1S/C12H12BrFN2S/c1-2-12-16-7-9(17-12)6-15-11-5-8(13)3-4-10(11)14/h3-5,7,15H,2,6H2,1H3. The second-order valence-electron chi connectivity index (χ2n) is 3.55. The van der Waals surface area contributed by atoms with Crippen molar-refractivity contribution >= 4 is 33.0 Å². The van der Waals surface area contributed by atoms with Crippen molar-refractivity contribution in [3.63, 3.8) is 0 Å². The van der Waals surface area contributed by atoms with Crippen LogP contribution in [-0.4, -0.2) is 4.98 Å². The van der Waals surface area contributed by atoms with Crippen LogP contribution < -0.4 is 5.32 Å². The van der Waals surface area contributed by atoms with E-state index in [-0.39, 0.29) is 5.82 Å². The van der Waals surface area contributed by atoms with Crippen LogP contribution in [0.25, 0.3) is 0 Å². The fourth-order valence-electron chi connectivity index (χ4n) is 1.41. The highest BCUT2D eigenvalue weighted by atomic mass is 79.9. The van der Waals surface area contributed by atoms with Gasteiger partial charge >= 0.3 is 0 Å². The molecule has 0 aliphatic rings. The molecule has 0 amide bonds. The van der Waals surface area contributed by atoms with E-state index in [9.17, 15) is 4.39 Å². The number of rotatable bonds is 4. The second kappa shape index (κ2) is 5.60. The number of thiazole rings is 1. The van der Waals surface area contributed by atoms with E-state index in [1.165, 1.54) is 6.07 Å². The zero-order valence-electron chi connectivity index (χ0n) is 9.34. The van der Waals surface area contributed by atoms with E-state index < -0.39 is 0 Å². The Labute approximate surface area is 112 Å². The lowest BCUT2D eigenvalue weighted by Crippen LogP contribution is -1.99. The van der Waals surface area contributed by atoms with Crippen LogP contribution in [0.3, 0.4) is 0 Å². The molecule has 1 aromatic carbocycles. The molecule has 0 aliphatic heterocycles. The minimum Gasteiger partial charge on any atom is -0.378 e. The third-order valence-corrected chi connectivity index (χ3v) is 3.92. The van der Waals surface area contributed by atoms with E-state index in [2.05, 4.69) is 33.2 Å². The van der Waals surface area contributed by atoms with Gasteiger partial charge in [0.15, 0.2) is 0 Å². The van der Waals surface area contributed by atoms with Gasteiger partial charge in [-0.1, -0.05) is 22.9 Å². The first-order valence-electron chi connectivity index (χ1n) is 5.31. The molecule has 0 atom stereocenters. The molecule has 1 N–H and O–H groups in total. The topological polar surface area (TPSA) is 24.9 Å². The molecule has 1 aromatic heterocycles. The Morgan fingerprint density at radius 1 is 1.47 bits per heavy atom. The maximum Gasteiger partial charge on any atom is 0.146 e. The van der Waals surface area contributed by atoms with Gasteiger partial charge < -0.3 is 5.32 Å². The molecule has 17 heavy (non-hydrogen) atoms. The summed E-state index contributed by atoms with van der Waals surface area (Å²) in [7, 11) is 0. The number of aromatic nitrogens is 1. The van der Waals surface area contributed by atoms with Gasteiger partial charge in [0.25, 0.3) is 0 Å². The van der Waals surface area contributed by atoms with Gasteiger partial charge in [-0.05, 0) is 24.6 Å². The van der Waals surface area contributed by atoms with Gasteiger partial charge in [-0.2, -0.15) is 0 Å². The predicted molar refractivity (Wildman–Crippen MR) is 72.9 cm³/mol. The molecule has 0 radical (unpaired) electrons. The minimum absolute atomic E-state index is 0.242. The molecule has 0 fully saturated rings. The van der Waals surface area contributed by atoms with Crippen molar-refractivity contribution in [2.75, 3.05) is 5.32 Å². The Hall–Kier alpha value is -0.940. The Bertz CT molecular complexity index is 513. The molecule has 90 valence electrons. The summed E-state index contributed by atoms with van der Waals surface area (Å²) in [5, 5.41) is 4.18. The van der Waals surface area contributed by atoms with Gasteiger partial charge in [0, 0.05) is 15.5 Å². The number of aryl methyl sites for hydroxylation is 1. The number of benzene rings is 1. The fraction of sp³-hybridized carbons (Fsp3) is 0.250. The Balaban J connectivity index is 2.04. The molecular formula is C12H12BrFN2S. The SMILES string of the molecule is CCc1ncc(CNc2cc(Br)ccc2F)s1. The van der Waals surface area contributed by atoms with E-state index in [0.717, 1.165) is 20.8 Å². The quantitative estimate of drug-likeness (QED) is 0.914. The Morgan fingerprint density at radius 3 is 3.00 bits per heavy atom. The first-order chi connectivity index (χ1) is 8.19. The predicted octanol–water partition coefficient (Wildman–Crippen LogP) is 4.22. The van der Waals surface area contributed by atoms with Crippen molar-refractivity contribution in [1.82, 2.24) is 4.98 Å². The highest BCUT2D eigenvalue weighted by molar-refractivity contribution is 9.10. The average Bonchev–Trinajstić information content (AvgIpc) is 2.78. The number of hydrogen-bond acceptors (Lipinski definition) is 3. The van der Waals surface area contributed by atoms with E-state index >= 15 is 0 Å². The van der Waals surface area contributed by atoms with Gasteiger partial charge in [0.2, 0.25) is 0 Å². The maximum absolute atomic E-state index is 13.4. The fourth-order valence-corrected chi connectivity index (χ4v) is 2.57. The van der Waals surface area contributed by atoms with Crippen molar-refractivity contribution < 1.29 is 4.39 Å². The summed E-state index contributed by atoms with van der Waals surface area (Å²) < 4.78 is 14.3. The Morgan fingerprint density at radius 2 is 2.29 bits per heavy atom. The molecule has 0 unspecified atom stereocenters. The van der Waals surface area contributed by atoms with Crippen molar-refractivity contribution in [2.24, 2.45) is 0 Å². The second-order valence-corrected chi connectivity index (χ2v) is 5.67. The normalized spacial score (nSPS) is 10.5. The molecule has 0 spiro atoms. The molecule has 0 bridgehead atoms. The summed E-state index contributed by atoms with van der Waals surface area (Å²) in [6, 6.07) is 4.86. The number of hydrogen-bond donors (Lipinski definition) is 1. The van der Waals surface area contributed by atoms with Crippen LogP contribution in [0.5, 0.6) is 0 Å². The summed E-state index contributed by atoms with van der Waals surface area (Å²) in [6.07, 6.45) is 2.78. The summed E-state index contributed by atoms with van der Waals surface area (Å²) in [6.45, 7) is 2.68. The third-order valence-electron chi connectivity index (χ3n) is 2.29. The van der Waals surface area contributed by atoms with Crippen molar-refractivity contribution in [3.05, 3.63) is 44.6 Å². The molecule has 2 nitrogen and oxygen atoms in total. The molecule has 5 heteroatoms. The van der Waals surface area contributed by atoms with E-state index in [1.807, 2.05) is 6.20 Å². The molecule has 2 aromatic rings. The number of anilines is 1. The summed E-state index contributed by atoms with van der Waals surface area (Å²) in [5.74, 6) is -0.242. The first-order valence-corrected chi connectivity index (χ1v) is 6.92. The first kappa shape index (κ1) is 12.5. The molecule has 1 heterocycles. The molecule has 0 aliphatic carbocycles. The van der Waals surface area contributed by atoms with Crippen molar-refractivity contribution in [2.45, 2.75) is 19.9 Å². The molecule has 2 rings (SSSR count). The monoisotopic (exact) mass is 314 g/mol. The molecular weight excluding hydrogens is 303 g/mol. The van der Waals surface area contributed by atoms with E-state index in [4.69, 9.17) is 0 Å². The third kappa shape index (κ3) is 3.26. The van der Waals surface area contributed by atoms with Crippen LogP contribution in [0.15, 0.2) is 28.9 Å². The Kier molecular flexibility index (Phi) is 4.12. The van der Waals surface area contributed by atoms with Gasteiger partial charge in [-0.15, -0.1) is 11.3 Å². The van der Waals surface area contributed by atoms with Crippen LogP contribution in [0.1, 0.15) is 16.8 Å². The highest BCUT2D eigenvalue weighted by Crippen LogP contribution is 2.21. The van der Waals surface area contributed by atoms with Crippen LogP contribution >= 0.6 is 27.3 Å². The number of halogens is 2. The zero-order valence-corrected chi connectivity index (χ0v) is 11.7. The number of nitrogens with zero attached hydrogens (tertiary/aromatic N) is 1. The summed E-state index contributed by atoms with van der Waals surface area (Å²) >= 11 is 4.98. The maximum atomic E-state index is 13.4. The van der Waals surface area contributed by atoms with E-state index in [1.54, 1.807) is 23.5 Å². The van der Waals surface area contributed by atoms with Gasteiger partial charge in [0.05, 0.1) is 17.2 Å². The van der Waals surface area contributed by atoms with Crippen molar-refractivity contribution in [1.29, 1.82) is 0 Å². The zero-order chi connectivity index (χ0) is 12.3. The summed E-state index contributed by atoms with van der Waals surface area (Å²) in [4.78, 5) is 5.37. The summed E-state index contributed by atoms with van der Waals surface area (Å²) in [5.41, 5.74) is 0.505. The molecule has 0 saturated carbocycles. The lowest BCUT2D eigenvalue weighted by molar-refractivity contribution is 0.630. The van der Waals surface area contributed by atoms with E-state index in [0.29, 0.717) is 12.2 Å². The average molecular weight is 315 g/mol. The van der Waals surface area contributed by atoms with Crippen LogP contribution in [-0.2, 0) is 13.0 Å². The lowest BCUT2D eigenvalue weighted by Gasteiger charge is -2.06. The van der Waals surface area contributed by atoms with Crippen molar-refractivity contribution in [3.8, 4) is 0 Å². The highest BCUT2D eigenvalue weighted by Gasteiger charge is 2.04. The van der Waals surface area contributed by atoms with Gasteiger partial charge in [-0.3, -0.25) is 0 Å². The van der Waals surface area contributed by atoms with Gasteiger partial charge in [-0.25, -0.2) is 9.37 Å². The van der Waals surface area contributed by atoms with Gasteiger partial charge in [0.1, 0.15) is 5.82 Å². The lowest BCUT2D eigenvalue weighted by atomic mass is 10.3. The number of nitrogens with one attached hydrogen (secondary N) is 1.